The Balaban J connectivity index is 1.93. The zero-order chi connectivity index (χ0) is 23.7. The topological polar surface area (TPSA) is 115 Å². The SMILES string of the molecule is CCCOc1ccc(C(=O)NNC(=O)c2ccc(NC(=O)OC(C)(C)C)cc2)cc1OC. The molecule has 0 fully saturated rings. The number of benzene rings is 2. The molecule has 0 saturated carbocycles. The number of carbonyl (C=O) groups excluding carboxylic acids is 3. The summed E-state index contributed by atoms with van der Waals surface area (Å²) < 4.78 is 16.0. The Labute approximate surface area is 187 Å². The summed E-state index contributed by atoms with van der Waals surface area (Å²) in [5, 5.41) is 2.58. The number of hydrogen-bond acceptors (Lipinski definition) is 6. The molecule has 0 saturated heterocycles. The molecule has 0 aliphatic rings. The molecule has 0 spiro atoms. The molecule has 0 radical (unpaired) electrons. The molecule has 9 nitrogen and oxygen atoms in total. The molecule has 0 heterocycles. The van der Waals surface area contributed by atoms with Crippen molar-refractivity contribution >= 4 is 23.6 Å². The van der Waals surface area contributed by atoms with E-state index in [2.05, 4.69) is 16.2 Å². The number of ether oxygens (including phenoxy) is 3. The number of nitrogens with one attached hydrogen (secondary N) is 3. The van der Waals surface area contributed by atoms with Gasteiger partial charge in [0.25, 0.3) is 11.8 Å². The maximum atomic E-state index is 12.4. The Hall–Kier alpha value is -3.75. The van der Waals surface area contributed by atoms with Crippen molar-refractivity contribution in [1.29, 1.82) is 0 Å². The minimum Gasteiger partial charge on any atom is -0.493 e. The molecule has 32 heavy (non-hydrogen) atoms. The molecular formula is C23H29N3O6. The van der Waals surface area contributed by atoms with E-state index in [1.165, 1.54) is 25.3 Å². The maximum Gasteiger partial charge on any atom is 0.412 e. The summed E-state index contributed by atoms with van der Waals surface area (Å²) in [7, 11) is 1.49. The molecule has 0 aromatic heterocycles. The third kappa shape index (κ3) is 7.50. The van der Waals surface area contributed by atoms with Crippen LogP contribution in [-0.4, -0.2) is 37.2 Å². The van der Waals surface area contributed by atoms with E-state index < -0.39 is 23.5 Å². The quantitative estimate of drug-likeness (QED) is 0.559. The summed E-state index contributed by atoms with van der Waals surface area (Å²) in [6, 6.07) is 10.9. The number of anilines is 1. The van der Waals surface area contributed by atoms with Gasteiger partial charge in [-0.2, -0.15) is 0 Å². The van der Waals surface area contributed by atoms with E-state index in [1.807, 2.05) is 6.92 Å². The first-order chi connectivity index (χ1) is 15.1. The van der Waals surface area contributed by atoms with Crippen molar-refractivity contribution in [2.75, 3.05) is 19.0 Å². The van der Waals surface area contributed by atoms with Crippen molar-refractivity contribution in [1.82, 2.24) is 10.9 Å². The van der Waals surface area contributed by atoms with Crippen LogP contribution in [0.15, 0.2) is 42.5 Å². The number of rotatable bonds is 7. The van der Waals surface area contributed by atoms with E-state index in [-0.39, 0.29) is 0 Å². The van der Waals surface area contributed by atoms with Gasteiger partial charge in [0.1, 0.15) is 5.60 Å². The Morgan fingerprint density at radius 3 is 2.03 bits per heavy atom. The molecule has 0 unspecified atom stereocenters. The smallest absolute Gasteiger partial charge is 0.412 e. The lowest BCUT2D eigenvalue weighted by atomic mass is 10.2. The predicted octanol–water partition coefficient (Wildman–Crippen LogP) is 3.91. The largest absolute Gasteiger partial charge is 0.493 e. The molecule has 9 heteroatoms. The van der Waals surface area contributed by atoms with Gasteiger partial charge < -0.3 is 14.2 Å². The summed E-state index contributed by atoms with van der Waals surface area (Å²) in [5.74, 6) is -0.0699. The highest BCUT2D eigenvalue weighted by atomic mass is 16.6. The Morgan fingerprint density at radius 2 is 1.47 bits per heavy atom. The average molecular weight is 444 g/mol. The number of methoxy groups -OCH3 is 1. The molecule has 3 amide bonds. The van der Waals surface area contributed by atoms with E-state index in [1.54, 1.807) is 45.0 Å². The van der Waals surface area contributed by atoms with Gasteiger partial charge in [-0.25, -0.2) is 4.79 Å². The van der Waals surface area contributed by atoms with Gasteiger partial charge in [0.05, 0.1) is 13.7 Å². The number of amides is 3. The highest BCUT2D eigenvalue weighted by Crippen LogP contribution is 2.28. The molecular weight excluding hydrogens is 414 g/mol. The van der Waals surface area contributed by atoms with Crippen LogP contribution in [0.1, 0.15) is 54.8 Å². The predicted molar refractivity (Wildman–Crippen MR) is 120 cm³/mol. The second-order valence-corrected chi connectivity index (χ2v) is 7.83. The minimum atomic E-state index is -0.616. The van der Waals surface area contributed by atoms with Gasteiger partial charge in [-0.15, -0.1) is 0 Å². The first-order valence-corrected chi connectivity index (χ1v) is 10.1. The van der Waals surface area contributed by atoms with Crippen LogP contribution in [-0.2, 0) is 4.74 Å². The average Bonchev–Trinajstić information content (AvgIpc) is 2.74. The van der Waals surface area contributed by atoms with Crippen molar-refractivity contribution in [3.05, 3.63) is 53.6 Å². The van der Waals surface area contributed by atoms with E-state index in [4.69, 9.17) is 14.2 Å². The molecule has 0 aliphatic heterocycles. The van der Waals surface area contributed by atoms with Crippen LogP contribution < -0.4 is 25.6 Å². The summed E-state index contributed by atoms with van der Waals surface area (Å²) in [6.45, 7) is 7.81. The normalized spacial score (nSPS) is 10.7. The fourth-order valence-electron chi connectivity index (χ4n) is 2.52. The van der Waals surface area contributed by atoms with Gasteiger partial charge in [0, 0.05) is 16.8 Å². The minimum absolute atomic E-state index is 0.293. The molecule has 0 atom stereocenters. The number of hydrogen-bond donors (Lipinski definition) is 3. The summed E-state index contributed by atoms with van der Waals surface area (Å²) >= 11 is 0. The van der Waals surface area contributed by atoms with E-state index >= 15 is 0 Å². The van der Waals surface area contributed by atoms with Crippen molar-refractivity contribution in [2.24, 2.45) is 0 Å². The van der Waals surface area contributed by atoms with Crippen molar-refractivity contribution in [3.8, 4) is 11.5 Å². The van der Waals surface area contributed by atoms with Crippen molar-refractivity contribution < 1.29 is 28.6 Å². The summed E-state index contributed by atoms with van der Waals surface area (Å²) in [4.78, 5) is 36.5. The molecule has 0 bridgehead atoms. The molecule has 2 aromatic carbocycles. The van der Waals surface area contributed by atoms with Crippen LogP contribution in [0.4, 0.5) is 10.5 Å². The van der Waals surface area contributed by atoms with E-state index in [9.17, 15) is 14.4 Å². The molecule has 2 rings (SSSR count). The Morgan fingerprint density at radius 1 is 0.875 bits per heavy atom. The Bertz CT molecular complexity index is 951. The molecule has 0 aliphatic carbocycles. The Kier molecular flexibility index (Phi) is 8.46. The fraction of sp³-hybridized carbons (Fsp3) is 0.348. The van der Waals surface area contributed by atoms with Gasteiger partial charge in [-0.3, -0.25) is 25.8 Å². The first kappa shape index (κ1) is 24.5. The van der Waals surface area contributed by atoms with Gasteiger partial charge >= 0.3 is 6.09 Å². The highest BCUT2D eigenvalue weighted by Gasteiger charge is 2.17. The van der Waals surface area contributed by atoms with Crippen LogP contribution in [0, 0.1) is 0 Å². The lowest BCUT2D eigenvalue weighted by molar-refractivity contribution is 0.0635. The lowest BCUT2D eigenvalue weighted by Gasteiger charge is -2.19. The van der Waals surface area contributed by atoms with Gasteiger partial charge in [0.15, 0.2) is 11.5 Å². The second kappa shape index (κ2) is 11.0. The van der Waals surface area contributed by atoms with E-state index in [0.29, 0.717) is 34.9 Å². The third-order valence-corrected chi connectivity index (χ3v) is 3.97. The van der Waals surface area contributed by atoms with Crippen LogP contribution in [0.2, 0.25) is 0 Å². The van der Waals surface area contributed by atoms with E-state index in [0.717, 1.165) is 6.42 Å². The third-order valence-electron chi connectivity index (χ3n) is 3.97. The lowest BCUT2D eigenvalue weighted by Crippen LogP contribution is -2.41. The zero-order valence-corrected chi connectivity index (χ0v) is 18.9. The molecule has 172 valence electrons. The first-order valence-electron chi connectivity index (χ1n) is 10.1. The van der Waals surface area contributed by atoms with Crippen molar-refractivity contribution in [3.63, 3.8) is 0 Å². The monoisotopic (exact) mass is 443 g/mol. The number of hydrazine groups is 1. The van der Waals surface area contributed by atoms with Crippen LogP contribution in [0.25, 0.3) is 0 Å². The standard InChI is InChI=1S/C23H29N3O6/c1-6-13-31-18-12-9-16(14-19(18)30-5)21(28)26-25-20(27)15-7-10-17(11-8-15)24-22(29)32-23(2,3)4/h7-12,14H,6,13H2,1-5H3,(H,24,29)(H,25,27)(H,26,28). The molecule has 2 aromatic rings. The fourth-order valence-corrected chi connectivity index (χ4v) is 2.52. The molecule has 3 N–H and O–H groups in total. The van der Waals surface area contributed by atoms with Crippen LogP contribution in [0.5, 0.6) is 11.5 Å². The summed E-state index contributed by atoms with van der Waals surface area (Å²) in [5.41, 5.74) is 5.15. The second-order valence-electron chi connectivity index (χ2n) is 7.83. The van der Waals surface area contributed by atoms with Gasteiger partial charge in [0.2, 0.25) is 0 Å². The van der Waals surface area contributed by atoms with Gasteiger partial charge in [-0.1, -0.05) is 6.92 Å². The van der Waals surface area contributed by atoms with Crippen molar-refractivity contribution in [2.45, 2.75) is 39.7 Å². The highest BCUT2D eigenvalue weighted by molar-refractivity contribution is 5.99. The van der Waals surface area contributed by atoms with Crippen LogP contribution >= 0.6 is 0 Å². The van der Waals surface area contributed by atoms with Gasteiger partial charge in [-0.05, 0) is 69.7 Å². The zero-order valence-electron chi connectivity index (χ0n) is 18.9. The maximum absolute atomic E-state index is 12.4. The summed E-state index contributed by atoms with van der Waals surface area (Å²) in [6.07, 6.45) is 0.249. The van der Waals surface area contributed by atoms with Crippen LogP contribution in [0.3, 0.4) is 0 Å². The number of carbonyl (C=O) groups is 3.